The summed E-state index contributed by atoms with van der Waals surface area (Å²) in [5, 5.41) is 3.89. The molecule has 0 radical (unpaired) electrons. The Morgan fingerprint density at radius 3 is 2.74 bits per heavy atom. The fourth-order valence-corrected chi connectivity index (χ4v) is 1.77. The second-order valence-corrected chi connectivity index (χ2v) is 3.99. The van der Waals surface area contributed by atoms with Crippen LogP contribution >= 0.6 is 11.6 Å². The first kappa shape index (κ1) is 13.4. The van der Waals surface area contributed by atoms with Gasteiger partial charge < -0.3 is 14.0 Å². The van der Waals surface area contributed by atoms with Crippen molar-refractivity contribution >= 4 is 17.6 Å². The highest BCUT2D eigenvalue weighted by Crippen LogP contribution is 2.27. The van der Waals surface area contributed by atoms with Gasteiger partial charge in [0.05, 0.1) is 20.1 Å². The van der Waals surface area contributed by atoms with Gasteiger partial charge in [-0.15, -0.1) is 11.6 Å². The van der Waals surface area contributed by atoms with E-state index in [1.807, 2.05) is 0 Å². The molecule has 0 unspecified atom stereocenters. The third-order valence-electron chi connectivity index (χ3n) is 2.59. The van der Waals surface area contributed by atoms with Gasteiger partial charge >= 0.3 is 5.97 Å². The van der Waals surface area contributed by atoms with Gasteiger partial charge in [-0.1, -0.05) is 5.16 Å². The fourth-order valence-electron chi connectivity index (χ4n) is 1.65. The lowest BCUT2D eigenvalue weighted by Crippen LogP contribution is -2.04. The van der Waals surface area contributed by atoms with Gasteiger partial charge in [-0.25, -0.2) is 4.79 Å². The number of aromatic nitrogens is 1. The van der Waals surface area contributed by atoms with E-state index in [1.54, 1.807) is 24.3 Å². The highest BCUT2D eigenvalue weighted by molar-refractivity contribution is 6.16. The van der Waals surface area contributed by atoms with Crippen molar-refractivity contribution in [2.24, 2.45) is 0 Å². The molecule has 0 spiro atoms. The van der Waals surface area contributed by atoms with Crippen molar-refractivity contribution in [3.8, 4) is 17.0 Å². The topological polar surface area (TPSA) is 61.6 Å². The van der Waals surface area contributed by atoms with Crippen molar-refractivity contribution in [2.45, 2.75) is 5.88 Å². The normalized spacial score (nSPS) is 10.3. The number of hydrogen-bond acceptors (Lipinski definition) is 5. The molecule has 0 N–H and O–H groups in total. The van der Waals surface area contributed by atoms with E-state index in [0.29, 0.717) is 22.8 Å². The summed E-state index contributed by atoms with van der Waals surface area (Å²) in [6, 6.07) is 6.81. The lowest BCUT2D eigenvalue weighted by molar-refractivity contribution is 0.0597. The number of alkyl halides is 1. The van der Waals surface area contributed by atoms with Gasteiger partial charge in [0.25, 0.3) is 0 Å². The number of rotatable bonds is 4. The molecule has 0 amide bonds. The zero-order chi connectivity index (χ0) is 13.8. The number of carbonyl (C=O) groups excluding carboxylic acids is 1. The minimum absolute atomic E-state index is 0.243. The maximum Gasteiger partial charge on any atom is 0.341 e. The van der Waals surface area contributed by atoms with Crippen LogP contribution in [0.1, 0.15) is 16.1 Å². The van der Waals surface area contributed by atoms with E-state index < -0.39 is 5.97 Å². The highest BCUT2D eigenvalue weighted by atomic mass is 35.5. The van der Waals surface area contributed by atoms with Crippen LogP contribution in [-0.2, 0) is 10.6 Å². The molecule has 1 heterocycles. The lowest BCUT2D eigenvalue weighted by Gasteiger charge is -2.07. The molecule has 0 saturated carbocycles. The summed E-state index contributed by atoms with van der Waals surface area (Å²) < 4.78 is 14.9. The molecular formula is C13H12ClNO4. The number of carbonyl (C=O) groups is 1. The number of nitrogens with zero attached hydrogens (tertiary/aromatic N) is 1. The summed E-state index contributed by atoms with van der Waals surface area (Å²) in [5.74, 6) is 0.774. The summed E-state index contributed by atoms with van der Waals surface area (Å²) >= 11 is 5.65. The van der Waals surface area contributed by atoms with Crippen LogP contribution in [-0.4, -0.2) is 25.3 Å². The first-order valence-corrected chi connectivity index (χ1v) is 6.01. The Labute approximate surface area is 115 Å². The van der Waals surface area contributed by atoms with Crippen LogP contribution in [0.2, 0.25) is 0 Å². The standard InChI is InChI=1S/C13H12ClNO4/c1-17-12-4-3-8(5-10(12)13(16)18-2)11-6-9(7-14)19-15-11/h3-6H,7H2,1-2H3. The van der Waals surface area contributed by atoms with Gasteiger partial charge in [0.15, 0.2) is 5.76 Å². The number of methoxy groups -OCH3 is 2. The first-order chi connectivity index (χ1) is 9.19. The van der Waals surface area contributed by atoms with Gasteiger partial charge in [-0.05, 0) is 18.2 Å². The number of benzene rings is 1. The Kier molecular flexibility index (Phi) is 4.06. The van der Waals surface area contributed by atoms with Crippen LogP contribution in [0.5, 0.6) is 5.75 Å². The molecule has 19 heavy (non-hydrogen) atoms. The summed E-state index contributed by atoms with van der Waals surface area (Å²) in [6.07, 6.45) is 0. The Bertz CT molecular complexity index is 594. The molecule has 5 nitrogen and oxygen atoms in total. The summed E-state index contributed by atoms with van der Waals surface area (Å²) in [6.45, 7) is 0. The third kappa shape index (κ3) is 2.71. The van der Waals surface area contributed by atoms with E-state index in [0.717, 1.165) is 5.56 Å². The van der Waals surface area contributed by atoms with Crippen molar-refractivity contribution in [3.05, 3.63) is 35.6 Å². The minimum Gasteiger partial charge on any atom is -0.496 e. The Balaban J connectivity index is 2.45. The molecule has 0 aliphatic heterocycles. The molecule has 0 bridgehead atoms. The van der Waals surface area contributed by atoms with Crippen molar-refractivity contribution in [1.82, 2.24) is 5.16 Å². The predicted octanol–water partition coefficient (Wildman–Crippen LogP) is 2.88. The van der Waals surface area contributed by atoms with Crippen LogP contribution in [0.25, 0.3) is 11.3 Å². The first-order valence-electron chi connectivity index (χ1n) is 5.48. The van der Waals surface area contributed by atoms with Crippen LogP contribution in [0.3, 0.4) is 0 Å². The summed E-state index contributed by atoms with van der Waals surface area (Å²) in [4.78, 5) is 11.7. The molecule has 1 aromatic carbocycles. The van der Waals surface area contributed by atoms with Crippen molar-refractivity contribution < 1.29 is 18.8 Å². The third-order valence-corrected chi connectivity index (χ3v) is 2.85. The van der Waals surface area contributed by atoms with Crippen molar-refractivity contribution in [1.29, 1.82) is 0 Å². The van der Waals surface area contributed by atoms with E-state index in [-0.39, 0.29) is 5.88 Å². The Hall–Kier alpha value is -2.01. The van der Waals surface area contributed by atoms with E-state index in [2.05, 4.69) is 5.16 Å². The predicted molar refractivity (Wildman–Crippen MR) is 69.4 cm³/mol. The van der Waals surface area contributed by atoms with Gasteiger partial charge in [0.1, 0.15) is 17.0 Å². The quantitative estimate of drug-likeness (QED) is 0.637. The van der Waals surface area contributed by atoms with Gasteiger partial charge in [0, 0.05) is 11.6 Å². The smallest absolute Gasteiger partial charge is 0.341 e. The molecule has 0 fully saturated rings. The molecule has 1 aromatic heterocycles. The molecule has 0 atom stereocenters. The van der Waals surface area contributed by atoms with E-state index in [1.165, 1.54) is 14.2 Å². The highest BCUT2D eigenvalue weighted by Gasteiger charge is 2.15. The van der Waals surface area contributed by atoms with Gasteiger partial charge in [-0.3, -0.25) is 0 Å². The van der Waals surface area contributed by atoms with Crippen molar-refractivity contribution in [3.63, 3.8) is 0 Å². The lowest BCUT2D eigenvalue weighted by atomic mass is 10.1. The molecule has 100 valence electrons. The molecule has 0 saturated heterocycles. The molecule has 6 heteroatoms. The van der Waals surface area contributed by atoms with Crippen molar-refractivity contribution in [2.75, 3.05) is 14.2 Å². The van der Waals surface area contributed by atoms with E-state index in [4.69, 9.17) is 25.6 Å². The van der Waals surface area contributed by atoms with E-state index in [9.17, 15) is 4.79 Å². The molecule has 2 rings (SSSR count). The zero-order valence-corrected chi connectivity index (χ0v) is 11.2. The molecule has 0 aliphatic carbocycles. The molecule has 2 aromatic rings. The zero-order valence-electron chi connectivity index (χ0n) is 10.5. The van der Waals surface area contributed by atoms with Crippen LogP contribution in [0.15, 0.2) is 28.8 Å². The molecule has 0 aliphatic rings. The number of hydrogen-bond donors (Lipinski definition) is 0. The number of esters is 1. The summed E-state index contributed by atoms with van der Waals surface area (Å²) in [7, 11) is 2.80. The van der Waals surface area contributed by atoms with Crippen LogP contribution in [0.4, 0.5) is 0 Å². The minimum atomic E-state index is -0.472. The molecular weight excluding hydrogens is 270 g/mol. The monoisotopic (exact) mass is 281 g/mol. The van der Waals surface area contributed by atoms with Gasteiger partial charge in [0.2, 0.25) is 0 Å². The average molecular weight is 282 g/mol. The largest absolute Gasteiger partial charge is 0.496 e. The Morgan fingerprint density at radius 1 is 1.37 bits per heavy atom. The second-order valence-electron chi connectivity index (χ2n) is 3.72. The maximum absolute atomic E-state index is 11.7. The SMILES string of the molecule is COC(=O)c1cc(-c2cc(CCl)on2)ccc1OC. The van der Waals surface area contributed by atoms with Crippen LogP contribution in [0, 0.1) is 0 Å². The second kappa shape index (κ2) is 5.75. The number of ether oxygens (including phenoxy) is 2. The van der Waals surface area contributed by atoms with E-state index >= 15 is 0 Å². The number of halogens is 1. The average Bonchev–Trinajstić information content (AvgIpc) is 2.94. The fraction of sp³-hybridized carbons (Fsp3) is 0.231. The van der Waals surface area contributed by atoms with Crippen LogP contribution < -0.4 is 4.74 Å². The maximum atomic E-state index is 11.7. The Morgan fingerprint density at radius 2 is 2.16 bits per heavy atom. The van der Waals surface area contributed by atoms with Gasteiger partial charge in [-0.2, -0.15) is 0 Å². The summed E-state index contributed by atoms with van der Waals surface area (Å²) in [5.41, 5.74) is 1.66.